The Morgan fingerprint density at radius 3 is 2.58 bits per heavy atom. The Bertz CT molecular complexity index is 696. The zero-order valence-corrected chi connectivity index (χ0v) is 15.2. The quantitative estimate of drug-likeness (QED) is 0.845. The van der Waals surface area contributed by atoms with Crippen LogP contribution in [0, 0.1) is 5.92 Å². The van der Waals surface area contributed by atoms with Gasteiger partial charge >= 0.3 is 0 Å². The second-order valence-electron chi connectivity index (χ2n) is 7.40. The average molecular weight is 327 g/mol. The molecule has 0 atom stereocenters. The normalized spacial score (nSPS) is 16.2. The fourth-order valence-electron chi connectivity index (χ4n) is 3.59. The van der Waals surface area contributed by atoms with Crippen LogP contribution in [0.25, 0.3) is 10.9 Å². The Balaban J connectivity index is 1.50. The lowest BCUT2D eigenvalue weighted by Crippen LogP contribution is -2.49. The molecule has 0 unspecified atom stereocenters. The van der Waals surface area contributed by atoms with Gasteiger partial charge < -0.3 is 9.47 Å². The molecule has 1 aliphatic heterocycles. The highest BCUT2D eigenvalue weighted by Gasteiger charge is 2.21. The van der Waals surface area contributed by atoms with Gasteiger partial charge in [0.15, 0.2) is 0 Å². The highest BCUT2D eigenvalue weighted by Crippen LogP contribution is 2.18. The van der Waals surface area contributed by atoms with Gasteiger partial charge in [-0.2, -0.15) is 0 Å². The van der Waals surface area contributed by atoms with Crippen LogP contribution in [-0.4, -0.2) is 53.0 Å². The third-order valence-electron chi connectivity index (χ3n) is 4.93. The molecular formula is C20H29N3O. The molecule has 0 bridgehead atoms. The summed E-state index contributed by atoms with van der Waals surface area (Å²) in [7, 11) is 2.06. The Morgan fingerprint density at radius 2 is 1.88 bits per heavy atom. The summed E-state index contributed by atoms with van der Waals surface area (Å²) in [5.74, 6) is 0.993. The van der Waals surface area contributed by atoms with Crippen molar-refractivity contribution in [2.75, 3.05) is 32.7 Å². The van der Waals surface area contributed by atoms with Gasteiger partial charge in [-0.3, -0.25) is 9.69 Å². The molecule has 1 aromatic heterocycles. The number of hydrogen-bond acceptors (Lipinski definition) is 2. The number of aromatic nitrogens is 1. The van der Waals surface area contributed by atoms with Crippen molar-refractivity contribution < 1.29 is 4.79 Å². The molecular weight excluding hydrogens is 298 g/mol. The molecule has 0 N–H and O–H groups in total. The number of fused-ring (bicyclic) bond motifs is 1. The maximum Gasteiger partial charge on any atom is 0.222 e. The summed E-state index contributed by atoms with van der Waals surface area (Å²) in [6.07, 6.45) is 3.52. The van der Waals surface area contributed by atoms with Crippen molar-refractivity contribution in [2.24, 2.45) is 13.0 Å². The van der Waals surface area contributed by atoms with E-state index in [9.17, 15) is 4.79 Å². The largest absolute Gasteiger partial charge is 0.351 e. The van der Waals surface area contributed by atoms with Crippen molar-refractivity contribution in [3.8, 4) is 0 Å². The van der Waals surface area contributed by atoms with Crippen molar-refractivity contribution in [3.05, 3.63) is 36.0 Å². The second kappa shape index (κ2) is 7.39. The zero-order valence-electron chi connectivity index (χ0n) is 15.2. The molecule has 3 rings (SSSR count). The molecule has 4 heteroatoms. The van der Waals surface area contributed by atoms with Gasteiger partial charge in [-0.15, -0.1) is 0 Å². The van der Waals surface area contributed by atoms with Crippen LogP contribution in [0.3, 0.4) is 0 Å². The highest BCUT2D eigenvalue weighted by molar-refractivity contribution is 5.81. The predicted molar refractivity (Wildman–Crippen MR) is 99.1 cm³/mol. The van der Waals surface area contributed by atoms with E-state index in [4.69, 9.17) is 0 Å². The highest BCUT2D eigenvalue weighted by atomic mass is 16.2. The first-order valence-electron chi connectivity index (χ1n) is 9.07. The number of rotatable bonds is 5. The molecule has 4 nitrogen and oxygen atoms in total. The monoisotopic (exact) mass is 327 g/mol. The average Bonchev–Trinajstić information content (AvgIpc) is 2.93. The van der Waals surface area contributed by atoms with E-state index >= 15 is 0 Å². The smallest absolute Gasteiger partial charge is 0.222 e. The van der Waals surface area contributed by atoms with Crippen molar-refractivity contribution >= 4 is 16.8 Å². The summed E-state index contributed by atoms with van der Waals surface area (Å²) in [6.45, 7) is 9.42. The molecule has 0 spiro atoms. The third-order valence-corrected chi connectivity index (χ3v) is 4.93. The molecule has 130 valence electrons. The van der Waals surface area contributed by atoms with Crippen LogP contribution in [0.15, 0.2) is 30.5 Å². The van der Waals surface area contributed by atoms with E-state index in [1.54, 1.807) is 0 Å². The van der Waals surface area contributed by atoms with E-state index in [2.05, 4.69) is 60.8 Å². The topological polar surface area (TPSA) is 28.5 Å². The number of piperazine rings is 1. The number of aryl methyl sites for hydroxylation is 2. The van der Waals surface area contributed by atoms with Gasteiger partial charge in [0.1, 0.15) is 0 Å². The molecule has 1 fully saturated rings. The first-order valence-corrected chi connectivity index (χ1v) is 9.07. The standard InChI is InChI=1S/C20H29N3O/c1-16(2)15-22-10-12-23(13-11-22)20(24)7-5-17-4-6-19-18(14-17)8-9-21(19)3/h4,6,8-9,14,16H,5,7,10-13,15H2,1-3H3. The molecule has 1 aromatic carbocycles. The molecule has 1 amide bonds. The van der Waals surface area contributed by atoms with E-state index in [1.807, 2.05) is 4.90 Å². The van der Waals surface area contributed by atoms with Crippen LogP contribution in [0.1, 0.15) is 25.8 Å². The van der Waals surface area contributed by atoms with Crippen LogP contribution in [0.4, 0.5) is 0 Å². The lowest BCUT2D eigenvalue weighted by molar-refractivity contribution is -0.132. The molecule has 2 heterocycles. The third kappa shape index (κ3) is 3.99. The SMILES string of the molecule is CC(C)CN1CCN(C(=O)CCc2ccc3c(ccn3C)c2)CC1. The molecule has 2 aromatic rings. The van der Waals surface area contributed by atoms with E-state index in [-0.39, 0.29) is 0 Å². The Morgan fingerprint density at radius 1 is 1.12 bits per heavy atom. The van der Waals surface area contributed by atoms with E-state index in [0.717, 1.165) is 39.1 Å². The minimum atomic E-state index is 0.298. The summed E-state index contributed by atoms with van der Waals surface area (Å²) >= 11 is 0. The molecule has 1 aliphatic rings. The van der Waals surface area contributed by atoms with Crippen LogP contribution in [-0.2, 0) is 18.3 Å². The lowest BCUT2D eigenvalue weighted by atomic mass is 10.1. The van der Waals surface area contributed by atoms with Gasteiger partial charge in [0, 0.05) is 57.9 Å². The number of carbonyl (C=O) groups is 1. The van der Waals surface area contributed by atoms with Crippen LogP contribution in [0.2, 0.25) is 0 Å². The van der Waals surface area contributed by atoms with Gasteiger partial charge in [0.05, 0.1) is 0 Å². The number of carbonyl (C=O) groups excluding carboxylic acids is 1. The van der Waals surface area contributed by atoms with Crippen molar-refractivity contribution in [2.45, 2.75) is 26.7 Å². The summed E-state index contributed by atoms with van der Waals surface area (Å²) in [4.78, 5) is 17.0. The van der Waals surface area contributed by atoms with E-state index in [0.29, 0.717) is 18.2 Å². The summed E-state index contributed by atoms with van der Waals surface area (Å²) < 4.78 is 2.13. The minimum absolute atomic E-state index is 0.298. The lowest BCUT2D eigenvalue weighted by Gasteiger charge is -2.35. The fourth-order valence-corrected chi connectivity index (χ4v) is 3.59. The van der Waals surface area contributed by atoms with Gasteiger partial charge in [-0.25, -0.2) is 0 Å². The molecule has 1 saturated heterocycles. The van der Waals surface area contributed by atoms with Gasteiger partial charge in [-0.05, 0) is 41.5 Å². The fraction of sp³-hybridized carbons (Fsp3) is 0.550. The van der Waals surface area contributed by atoms with Crippen molar-refractivity contribution in [1.82, 2.24) is 14.4 Å². The van der Waals surface area contributed by atoms with E-state index < -0.39 is 0 Å². The number of hydrogen-bond donors (Lipinski definition) is 0. The van der Waals surface area contributed by atoms with Gasteiger partial charge in [0.25, 0.3) is 0 Å². The molecule has 0 aliphatic carbocycles. The maximum atomic E-state index is 12.5. The second-order valence-corrected chi connectivity index (χ2v) is 7.40. The number of amides is 1. The first-order chi connectivity index (χ1) is 11.5. The van der Waals surface area contributed by atoms with Crippen LogP contribution >= 0.6 is 0 Å². The Kier molecular flexibility index (Phi) is 5.24. The Labute approximate surface area is 145 Å². The maximum absolute atomic E-state index is 12.5. The zero-order chi connectivity index (χ0) is 17.1. The summed E-state index contributed by atoms with van der Waals surface area (Å²) in [6, 6.07) is 8.65. The van der Waals surface area contributed by atoms with Crippen molar-refractivity contribution in [3.63, 3.8) is 0 Å². The predicted octanol–water partition coefficient (Wildman–Crippen LogP) is 2.91. The summed E-state index contributed by atoms with van der Waals surface area (Å²) in [5.41, 5.74) is 2.49. The van der Waals surface area contributed by atoms with Gasteiger partial charge in [-0.1, -0.05) is 19.9 Å². The Hall–Kier alpha value is -1.81. The van der Waals surface area contributed by atoms with Crippen molar-refractivity contribution in [1.29, 1.82) is 0 Å². The number of nitrogens with zero attached hydrogens (tertiary/aromatic N) is 3. The van der Waals surface area contributed by atoms with Crippen LogP contribution in [0.5, 0.6) is 0 Å². The molecule has 24 heavy (non-hydrogen) atoms. The molecule has 0 saturated carbocycles. The van der Waals surface area contributed by atoms with E-state index in [1.165, 1.54) is 16.5 Å². The molecule has 0 radical (unpaired) electrons. The van der Waals surface area contributed by atoms with Gasteiger partial charge in [0.2, 0.25) is 5.91 Å². The van der Waals surface area contributed by atoms with Crippen LogP contribution < -0.4 is 0 Å². The summed E-state index contributed by atoms with van der Waals surface area (Å²) in [5, 5.41) is 1.25. The first kappa shape index (κ1) is 17.0. The number of benzene rings is 1. The minimum Gasteiger partial charge on any atom is -0.351 e.